The molecule has 0 fully saturated rings. The number of para-hydroxylation sites is 1. The number of rotatable bonds is 7. The number of ether oxygens (including phenoxy) is 1. The van der Waals surface area contributed by atoms with E-state index in [2.05, 4.69) is 15.4 Å². The van der Waals surface area contributed by atoms with E-state index in [1.807, 2.05) is 6.92 Å². The van der Waals surface area contributed by atoms with Crippen molar-refractivity contribution in [2.75, 3.05) is 11.9 Å². The molecule has 7 heteroatoms. The topological polar surface area (TPSA) is 70.6 Å². The molecule has 21 heavy (non-hydrogen) atoms. The number of carbonyl (C=O) groups is 1. The second-order valence-corrected chi connectivity index (χ2v) is 4.54. The Hall–Kier alpha value is -1.89. The van der Waals surface area contributed by atoms with E-state index in [-0.39, 0.29) is 24.1 Å². The quantitative estimate of drug-likeness (QED) is 0.725. The van der Waals surface area contributed by atoms with Gasteiger partial charge in [0.05, 0.1) is 5.69 Å². The van der Waals surface area contributed by atoms with Gasteiger partial charge in [-0.1, -0.05) is 19.1 Å². The van der Waals surface area contributed by atoms with Crippen LogP contribution in [0.4, 0.5) is 19.3 Å². The monoisotopic (exact) mass is 302 g/mol. The van der Waals surface area contributed by atoms with Crippen molar-refractivity contribution in [3.05, 3.63) is 23.8 Å². The summed E-state index contributed by atoms with van der Waals surface area (Å²) in [6, 6.07) is 3.90. The lowest BCUT2D eigenvalue weighted by molar-refractivity contribution is -0.0493. The van der Waals surface area contributed by atoms with Crippen LogP contribution in [0.15, 0.2) is 18.2 Å². The van der Waals surface area contributed by atoms with Crippen molar-refractivity contribution in [2.24, 2.45) is 0 Å². The molecular formula is C14H20F2N2O3. The van der Waals surface area contributed by atoms with Crippen LogP contribution in [0.3, 0.4) is 0 Å². The maximum Gasteiger partial charge on any atom is 0.387 e. The van der Waals surface area contributed by atoms with E-state index in [0.29, 0.717) is 18.4 Å². The molecule has 118 valence electrons. The Morgan fingerprint density at radius 2 is 2.14 bits per heavy atom. The number of hydrogen-bond donors (Lipinski definition) is 3. The van der Waals surface area contributed by atoms with Gasteiger partial charge in [-0.2, -0.15) is 8.78 Å². The zero-order valence-corrected chi connectivity index (χ0v) is 12.0. The molecule has 0 aliphatic heterocycles. The second kappa shape index (κ2) is 8.41. The third kappa shape index (κ3) is 5.55. The van der Waals surface area contributed by atoms with Crippen LogP contribution in [0.5, 0.6) is 5.75 Å². The van der Waals surface area contributed by atoms with Gasteiger partial charge in [-0.25, -0.2) is 4.79 Å². The number of benzene rings is 1. The standard InChI is InChI=1S/C14H20F2N2O3/c1-3-10(7-8-19)17-14(20)18-12-9(2)5-4-6-11(12)21-13(15)16/h4-6,10,13,19H,3,7-8H2,1-2H3,(H2,17,18,20)/t10-/m0/s1. The first-order chi connectivity index (χ1) is 9.97. The molecule has 1 atom stereocenters. The maximum absolute atomic E-state index is 12.4. The molecule has 5 nitrogen and oxygen atoms in total. The van der Waals surface area contributed by atoms with Crippen LogP contribution in [0, 0.1) is 6.92 Å². The predicted molar refractivity (Wildman–Crippen MR) is 75.7 cm³/mol. The van der Waals surface area contributed by atoms with Gasteiger partial charge in [0.2, 0.25) is 0 Å². The molecule has 0 aliphatic carbocycles. The van der Waals surface area contributed by atoms with Gasteiger partial charge in [0.1, 0.15) is 5.75 Å². The number of aliphatic hydroxyl groups is 1. The minimum absolute atomic E-state index is 0.0388. The molecule has 0 saturated carbocycles. The fraction of sp³-hybridized carbons (Fsp3) is 0.500. The minimum Gasteiger partial charge on any atom is -0.433 e. The number of alkyl halides is 2. The molecule has 0 heterocycles. The van der Waals surface area contributed by atoms with E-state index in [4.69, 9.17) is 5.11 Å². The number of halogens is 2. The third-order valence-electron chi connectivity index (χ3n) is 2.99. The van der Waals surface area contributed by atoms with Gasteiger partial charge in [0.25, 0.3) is 0 Å². The number of hydrogen-bond acceptors (Lipinski definition) is 3. The van der Waals surface area contributed by atoms with Gasteiger partial charge in [-0.3, -0.25) is 0 Å². The van der Waals surface area contributed by atoms with E-state index in [1.54, 1.807) is 19.1 Å². The summed E-state index contributed by atoms with van der Waals surface area (Å²) in [7, 11) is 0. The number of carbonyl (C=O) groups excluding carboxylic acids is 1. The Morgan fingerprint density at radius 1 is 1.43 bits per heavy atom. The summed E-state index contributed by atoms with van der Waals surface area (Å²) in [6.07, 6.45) is 1.08. The average Bonchev–Trinajstić information content (AvgIpc) is 2.41. The van der Waals surface area contributed by atoms with E-state index in [1.165, 1.54) is 6.07 Å². The van der Waals surface area contributed by atoms with Crippen molar-refractivity contribution in [1.82, 2.24) is 5.32 Å². The lowest BCUT2D eigenvalue weighted by atomic mass is 10.1. The average molecular weight is 302 g/mol. The smallest absolute Gasteiger partial charge is 0.387 e. The van der Waals surface area contributed by atoms with Crippen molar-refractivity contribution in [3.8, 4) is 5.75 Å². The summed E-state index contributed by atoms with van der Waals surface area (Å²) in [6.45, 7) is 0.551. The summed E-state index contributed by atoms with van der Waals surface area (Å²) < 4.78 is 29.1. The zero-order valence-electron chi connectivity index (χ0n) is 12.0. The van der Waals surface area contributed by atoms with Gasteiger partial charge in [-0.15, -0.1) is 0 Å². The number of amides is 2. The predicted octanol–water partition coefficient (Wildman–Crippen LogP) is 2.88. The molecule has 0 saturated heterocycles. The normalized spacial score (nSPS) is 12.1. The molecule has 0 spiro atoms. The molecule has 2 amide bonds. The Labute approximate surface area is 122 Å². The minimum atomic E-state index is -2.96. The van der Waals surface area contributed by atoms with Gasteiger partial charge in [-0.05, 0) is 31.4 Å². The third-order valence-corrected chi connectivity index (χ3v) is 2.99. The highest BCUT2D eigenvalue weighted by atomic mass is 19.3. The van der Waals surface area contributed by atoms with Crippen LogP contribution in [0.2, 0.25) is 0 Å². The molecule has 1 aromatic rings. The van der Waals surface area contributed by atoms with E-state index >= 15 is 0 Å². The summed E-state index contributed by atoms with van der Waals surface area (Å²) >= 11 is 0. The summed E-state index contributed by atoms with van der Waals surface area (Å²) in [5.74, 6) is -0.0876. The van der Waals surface area contributed by atoms with Gasteiger partial charge in [0, 0.05) is 12.6 Å². The maximum atomic E-state index is 12.4. The van der Waals surface area contributed by atoms with Crippen LogP contribution >= 0.6 is 0 Å². The first-order valence-corrected chi connectivity index (χ1v) is 6.70. The fourth-order valence-corrected chi connectivity index (χ4v) is 1.86. The molecule has 0 radical (unpaired) electrons. The zero-order chi connectivity index (χ0) is 15.8. The molecule has 3 N–H and O–H groups in total. The van der Waals surface area contributed by atoms with E-state index in [0.717, 1.165) is 0 Å². The number of aryl methyl sites for hydroxylation is 1. The van der Waals surface area contributed by atoms with Gasteiger partial charge < -0.3 is 20.5 Å². The van der Waals surface area contributed by atoms with Crippen LogP contribution < -0.4 is 15.4 Å². The number of aliphatic hydroxyl groups excluding tert-OH is 1. The molecule has 0 aromatic heterocycles. The summed E-state index contributed by atoms with van der Waals surface area (Å²) in [5, 5.41) is 14.1. The Morgan fingerprint density at radius 3 is 2.71 bits per heavy atom. The lowest BCUT2D eigenvalue weighted by Gasteiger charge is -2.18. The molecule has 0 aliphatic rings. The highest BCUT2D eigenvalue weighted by molar-refractivity contribution is 5.92. The molecule has 1 aromatic carbocycles. The first kappa shape index (κ1) is 17.2. The van der Waals surface area contributed by atoms with Crippen molar-refractivity contribution >= 4 is 11.7 Å². The number of nitrogens with one attached hydrogen (secondary N) is 2. The van der Waals surface area contributed by atoms with Crippen LogP contribution in [-0.2, 0) is 0 Å². The van der Waals surface area contributed by atoms with Crippen LogP contribution in [0.1, 0.15) is 25.3 Å². The molecule has 1 rings (SSSR count). The largest absolute Gasteiger partial charge is 0.433 e. The van der Waals surface area contributed by atoms with E-state index in [9.17, 15) is 13.6 Å². The molecule has 0 bridgehead atoms. The molecular weight excluding hydrogens is 282 g/mol. The Bertz CT molecular complexity index is 470. The molecule has 0 unspecified atom stereocenters. The van der Waals surface area contributed by atoms with Crippen molar-refractivity contribution in [3.63, 3.8) is 0 Å². The van der Waals surface area contributed by atoms with Gasteiger partial charge >= 0.3 is 12.6 Å². The summed E-state index contributed by atoms with van der Waals surface area (Å²) in [5.41, 5.74) is 0.813. The Kier molecular flexibility index (Phi) is 6.87. The number of urea groups is 1. The highest BCUT2D eigenvalue weighted by Gasteiger charge is 2.15. The highest BCUT2D eigenvalue weighted by Crippen LogP contribution is 2.29. The van der Waals surface area contributed by atoms with Crippen molar-refractivity contribution in [1.29, 1.82) is 0 Å². The second-order valence-electron chi connectivity index (χ2n) is 4.54. The first-order valence-electron chi connectivity index (χ1n) is 6.70. The van der Waals surface area contributed by atoms with Crippen molar-refractivity contribution < 1.29 is 23.4 Å². The van der Waals surface area contributed by atoms with Gasteiger partial charge in [0.15, 0.2) is 0 Å². The van der Waals surface area contributed by atoms with Crippen LogP contribution in [-0.4, -0.2) is 30.4 Å². The fourth-order valence-electron chi connectivity index (χ4n) is 1.86. The number of anilines is 1. The summed E-state index contributed by atoms with van der Waals surface area (Å²) in [4.78, 5) is 11.9. The van der Waals surface area contributed by atoms with Crippen LogP contribution in [0.25, 0.3) is 0 Å². The van der Waals surface area contributed by atoms with E-state index < -0.39 is 12.6 Å². The SMILES string of the molecule is CC[C@@H](CCO)NC(=O)Nc1c(C)cccc1OC(F)F. The lowest BCUT2D eigenvalue weighted by Crippen LogP contribution is -2.38. The Balaban J connectivity index is 2.79. The van der Waals surface area contributed by atoms with Crippen molar-refractivity contribution in [2.45, 2.75) is 39.3 Å².